The first-order chi connectivity index (χ1) is 9.10. The molecule has 0 spiro atoms. The van der Waals surface area contributed by atoms with Crippen molar-refractivity contribution in [1.82, 2.24) is 0 Å². The average molecular weight is 283 g/mol. The molecule has 0 unspecified atom stereocenters. The minimum absolute atomic E-state index is 0.117. The molecule has 0 atom stereocenters. The van der Waals surface area contributed by atoms with E-state index in [1.807, 2.05) is 13.8 Å². The minimum Gasteiger partial charge on any atom is -0.488 e. The summed E-state index contributed by atoms with van der Waals surface area (Å²) >= 11 is 0. The van der Waals surface area contributed by atoms with Crippen molar-refractivity contribution in [3.05, 3.63) is 17.9 Å². The summed E-state index contributed by atoms with van der Waals surface area (Å²) in [5.41, 5.74) is 11.1. The number of ether oxygens (including phenoxy) is 1. The van der Waals surface area contributed by atoms with Crippen LogP contribution < -0.4 is 21.5 Å². The summed E-state index contributed by atoms with van der Waals surface area (Å²) in [6.07, 6.45) is -0.0240. The van der Waals surface area contributed by atoms with Crippen molar-refractivity contribution >= 4 is 17.3 Å². The van der Waals surface area contributed by atoms with Gasteiger partial charge in [-0.1, -0.05) is 0 Å². The van der Waals surface area contributed by atoms with E-state index < -0.39 is 17.3 Å². The van der Waals surface area contributed by atoms with E-state index in [9.17, 15) is 9.18 Å². The summed E-state index contributed by atoms with van der Waals surface area (Å²) in [5.74, 6) is -0.831. The van der Waals surface area contributed by atoms with Crippen molar-refractivity contribution < 1.29 is 13.9 Å². The van der Waals surface area contributed by atoms with E-state index in [-0.39, 0.29) is 24.0 Å². The second-order valence-electron chi connectivity index (χ2n) is 5.69. The van der Waals surface area contributed by atoms with Gasteiger partial charge in [0.05, 0.1) is 17.5 Å². The number of benzene rings is 1. The van der Waals surface area contributed by atoms with Gasteiger partial charge in [-0.3, -0.25) is 4.79 Å². The number of anilines is 2. The largest absolute Gasteiger partial charge is 0.488 e. The van der Waals surface area contributed by atoms with Gasteiger partial charge in [0.15, 0.2) is 11.6 Å². The fraction of sp³-hybridized carbons (Fsp3) is 0.500. The first kappa shape index (κ1) is 16.1. The second kappa shape index (κ2) is 5.98. The summed E-state index contributed by atoms with van der Waals surface area (Å²) in [4.78, 5) is 11.0. The molecule has 0 heterocycles. The van der Waals surface area contributed by atoms with Crippen LogP contribution in [0.5, 0.6) is 5.75 Å². The number of carbonyl (C=O) groups excluding carboxylic acids is 1. The molecule has 112 valence electrons. The van der Waals surface area contributed by atoms with E-state index in [2.05, 4.69) is 5.32 Å². The molecule has 0 aliphatic rings. The van der Waals surface area contributed by atoms with Crippen molar-refractivity contribution in [3.63, 3.8) is 0 Å². The Hall–Kier alpha value is -1.98. The van der Waals surface area contributed by atoms with Gasteiger partial charge in [0.2, 0.25) is 5.91 Å². The van der Waals surface area contributed by atoms with Crippen LogP contribution in [0.1, 0.15) is 34.1 Å². The van der Waals surface area contributed by atoms with Gasteiger partial charge in [-0.2, -0.15) is 0 Å². The van der Waals surface area contributed by atoms with Gasteiger partial charge in [-0.25, -0.2) is 4.39 Å². The normalized spacial score (nSPS) is 11.5. The molecule has 5 N–H and O–H groups in total. The lowest BCUT2D eigenvalue weighted by Crippen LogP contribution is -2.36. The molecule has 1 rings (SSSR count). The van der Waals surface area contributed by atoms with E-state index in [1.54, 1.807) is 13.8 Å². The smallest absolute Gasteiger partial charge is 0.219 e. The van der Waals surface area contributed by atoms with Crippen molar-refractivity contribution in [2.24, 2.45) is 5.73 Å². The Morgan fingerprint density at radius 1 is 1.45 bits per heavy atom. The maximum atomic E-state index is 13.7. The highest BCUT2D eigenvalue weighted by atomic mass is 19.1. The summed E-state index contributed by atoms with van der Waals surface area (Å²) < 4.78 is 19.1. The number of rotatable bonds is 6. The molecule has 0 radical (unpaired) electrons. The number of carbonyl (C=O) groups is 1. The molecule has 1 aromatic rings. The Balaban J connectivity index is 3.03. The van der Waals surface area contributed by atoms with E-state index in [1.165, 1.54) is 12.1 Å². The van der Waals surface area contributed by atoms with Gasteiger partial charge in [0.25, 0.3) is 0 Å². The molecule has 0 aliphatic heterocycles. The fourth-order valence-electron chi connectivity index (χ4n) is 1.87. The monoisotopic (exact) mass is 283 g/mol. The SMILES string of the molecule is CC(C)Oc1cc(NC(C)(C)CC(N)=O)c(N)cc1F. The first-order valence-corrected chi connectivity index (χ1v) is 6.43. The highest BCUT2D eigenvalue weighted by Crippen LogP contribution is 2.31. The van der Waals surface area contributed by atoms with Gasteiger partial charge in [-0.15, -0.1) is 0 Å². The van der Waals surface area contributed by atoms with Crippen LogP contribution >= 0.6 is 0 Å². The van der Waals surface area contributed by atoms with Crippen molar-refractivity contribution in [1.29, 1.82) is 0 Å². The predicted octanol–water partition coefficient (Wildman–Crippen LogP) is 2.26. The lowest BCUT2D eigenvalue weighted by atomic mass is 9.99. The molecule has 1 amide bonds. The van der Waals surface area contributed by atoms with Gasteiger partial charge in [0, 0.05) is 24.1 Å². The van der Waals surface area contributed by atoms with E-state index in [4.69, 9.17) is 16.2 Å². The van der Waals surface area contributed by atoms with Crippen molar-refractivity contribution in [2.45, 2.75) is 45.8 Å². The lowest BCUT2D eigenvalue weighted by molar-refractivity contribution is -0.118. The molecule has 20 heavy (non-hydrogen) atoms. The predicted molar refractivity (Wildman–Crippen MR) is 78.1 cm³/mol. The Kier molecular flexibility index (Phi) is 4.81. The summed E-state index contributed by atoms with van der Waals surface area (Å²) in [6.45, 7) is 7.23. The Morgan fingerprint density at radius 2 is 2.05 bits per heavy atom. The van der Waals surface area contributed by atoms with Crippen LogP contribution in [0.4, 0.5) is 15.8 Å². The fourth-order valence-corrected chi connectivity index (χ4v) is 1.87. The van der Waals surface area contributed by atoms with Crippen molar-refractivity contribution in [3.8, 4) is 5.75 Å². The highest BCUT2D eigenvalue weighted by Gasteiger charge is 2.22. The molecule has 0 fully saturated rings. The topological polar surface area (TPSA) is 90.4 Å². The second-order valence-corrected chi connectivity index (χ2v) is 5.69. The number of hydrogen-bond acceptors (Lipinski definition) is 4. The quantitative estimate of drug-likeness (QED) is 0.698. The van der Waals surface area contributed by atoms with E-state index in [0.717, 1.165) is 0 Å². The summed E-state index contributed by atoms with van der Waals surface area (Å²) in [7, 11) is 0. The molecule has 0 aliphatic carbocycles. The molecular formula is C14H22FN3O2. The third-order valence-corrected chi connectivity index (χ3v) is 2.56. The van der Waals surface area contributed by atoms with Gasteiger partial charge in [-0.05, 0) is 27.7 Å². The molecule has 6 heteroatoms. The van der Waals surface area contributed by atoms with E-state index >= 15 is 0 Å². The third-order valence-electron chi connectivity index (χ3n) is 2.56. The molecule has 0 saturated heterocycles. The van der Waals surface area contributed by atoms with Crippen LogP contribution in [0.2, 0.25) is 0 Å². The van der Waals surface area contributed by atoms with Crippen molar-refractivity contribution in [2.75, 3.05) is 11.1 Å². The van der Waals surface area contributed by atoms with Crippen LogP contribution in [0, 0.1) is 5.82 Å². The third kappa shape index (κ3) is 4.60. The maximum absolute atomic E-state index is 13.7. The van der Waals surface area contributed by atoms with Gasteiger partial charge >= 0.3 is 0 Å². The Labute approximate surface area is 118 Å². The number of amides is 1. The van der Waals surface area contributed by atoms with Gasteiger partial charge in [0.1, 0.15) is 0 Å². The minimum atomic E-state index is -0.590. The van der Waals surface area contributed by atoms with Crippen LogP contribution in [-0.2, 0) is 4.79 Å². The van der Waals surface area contributed by atoms with Crippen LogP contribution in [-0.4, -0.2) is 17.6 Å². The molecular weight excluding hydrogens is 261 g/mol. The zero-order chi connectivity index (χ0) is 15.5. The van der Waals surface area contributed by atoms with Crippen LogP contribution in [0.25, 0.3) is 0 Å². The molecule has 5 nitrogen and oxygen atoms in total. The zero-order valence-electron chi connectivity index (χ0n) is 12.3. The molecule has 0 bridgehead atoms. The first-order valence-electron chi connectivity index (χ1n) is 6.43. The van der Waals surface area contributed by atoms with Gasteiger partial charge < -0.3 is 21.5 Å². The average Bonchev–Trinajstić information content (AvgIpc) is 2.22. The van der Waals surface area contributed by atoms with Crippen LogP contribution in [0.15, 0.2) is 12.1 Å². The number of primary amides is 1. The Morgan fingerprint density at radius 3 is 2.55 bits per heavy atom. The zero-order valence-corrected chi connectivity index (χ0v) is 12.3. The number of nitrogens with two attached hydrogens (primary N) is 2. The number of nitrogen functional groups attached to an aromatic ring is 1. The molecule has 0 aromatic heterocycles. The lowest BCUT2D eigenvalue weighted by Gasteiger charge is -2.27. The molecule has 0 saturated carbocycles. The number of halogens is 1. The van der Waals surface area contributed by atoms with Crippen LogP contribution in [0.3, 0.4) is 0 Å². The maximum Gasteiger partial charge on any atom is 0.219 e. The Bertz CT molecular complexity index is 501. The van der Waals surface area contributed by atoms with E-state index in [0.29, 0.717) is 5.69 Å². The highest BCUT2D eigenvalue weighted by molar-refractivity contribution is 5.77. The summed E-state index contributed by atoms with van der Waals surface area (Å²) in [6, 6.07) is 2.69. The number of hydrogen-bond donors (Lipinski definition) is 3. The summed E-state index contributed by atoms with van der Waals surface area (Å²) in [5, 5.41) is 3.09. The number of nitrogens with one attached hydrogen (secondary N) is 1. The standard InChI is InChI=1S/C14H22FN3O2/c1-8(2)20-12-6-11(10(16)5-9(12)15)18-14(3,4)7-13(17)19/h5-6,8,18H,7,16H2,1-4H3,(H2,17,19). The molecule has 1 aromatic carbocycles.